The molecule has 5 nitrogen and oxygen atoms in total. The molecule has 156 valence electrons. The second-order valence-corrected chi connectivity index (χ2v) is 6.82. The number of ether oxygens (including phenoxy) is 2. The number of nitrogens with one attached hydrogen (secondary N) is 1. The molecule has 0 saturated carbocycles. The third-order valence-electron chi connectivity index (χ3n) is 4.46. The summed E-state index contributed by atoms with van der Waals surface area (Å²) in [4.78, 5) is 12.5. The third kappa shape index (κ3) is 5.94. The summed E-state index contributed by atoms with van der Waals surface area (Å²) < 4.78 is 24.4. The van der Waals surface area contributed by atoms with E-state index in [4.69, 9.17) is 9.47 Å². The van der Waals surface area contributed by atoms with Gasteiger partial charge in [0.25, 0.3) is 5.91 Å². The number of hydrogen-bond donors (Lipinski definition) is 1. The van der Waals surface area contributed by atoms with Crippen LogP contribution in [0.3, 0.4) is 0 Å². The van der Waals surface area contributed by atoms with Crippen molar-refractivity contribution in [2.75, 3.05) is 12.4 Å². The van der Waals surface area contributed by atoms with E-state index in [1.54, 1.807) is 42.5 Å². The molecule has 1 amide bonds. The summed E-state index contributed by atoms with van der Waals surface area (Å²) >= 11 is 0. The fourth-order valence-corrected chi connectivity index (χ4v) is 2.83. The predicted octanol–water partition coefficient (Wildman–Crippen LogP) is 5.27. The number of amides is 1. The standard InChI is InChI=1S/C25H21FN2O3/c1-17-6-9-22(10-7-17)28-25(29)20(15-27)12-18-8-11-23(24(14-18)30-2)31-16-19-4-3-5-21(26)13-19/h3-14H,16H2,1-2H3,(H,28,29)/b20-12+. The SMILES string of the molecule is COc1cc(/C=C(\C#N)C(=O)Nc2ccc(C)cc2)ccc1OCc1cccc(F)c1. The van der Waals surface area contributed by atoms with Crippen molar-refractivity contribution >= 4 is 17.7 Å². The number of carbonyl (C=O) groups excluding carboxylic acids is 1. The van der Waals surface area contributed by atoms with Gasteiger partial charge in [-0.25, -0.2) is 4.39 Å². The minimum atomic E-state index is -0.503. The number of aryl methyl sites for hydroxylation is 1. The van der Waals surface area contributed by atoms with Gasteiger partial charge in [0.15, 0.2) is 11.5 Å². The van der Waals surface area contributed by atoms with E-state index >= 15 is 0 Å². The lowest BCUT2D eigenvalue weighted by Crippen LogP contribution is -2.13. The molecule has 0 unspecified atom stereocenters. The number of halogens is 1. The Kier molecular flexibility index (Phi) is 7.02. The van der Waals surface area contributed by atoms with Crippen LogP contribution in [0.25, 0.3) is 6.08 Å². The Morgan fingerprint density at radius 2 is 1.87 bits per heavy atom. The minimum Gasteiger partial charge on any atom is -0.493 e. The molecule has 0 bridgehead atoms. The van der Waals surface area contributed by atoms with Crippen molar-refractivity contribution in [1.29, 1.82) is 5.26 Å². The van der Waals surface area contributed by atoms with E-state index in [2.05, 4.69) is 5.32 Å². The highest BCUT2D eigenvalue weighted by atomic mass is 19.1. The van der Waals surface area contributed by atoms with Gasteiger partial charge < -0.3 is 14.8 Å². The first-order valence-electron chi connectivity index (χ1n) is 9.53. The highest BCUT2D eigenvalue weighted by Gasteiger charge is 2.11. The Balaban J connectivity index is 1.74. The first kappa shape index (κ1) is 21.6. The van der Waals surface area contributed by atoms with Crippen LogP contribution >= 0.6 is 0 Å². The molecule has 0 aliphatic heterocycles. The van der Waals surface area contributed by atoms with Crippen LogP contribution in [0.5, 0.6) is 11.5 Å². The lowest BCUT2D eigenvalue weighted by atomic mass is 10.1. The quantitative estimate of drug-likeness (QED) is 0.421. The summed E-state index contributed by atoms with van der Waals surface area (Å²) in [5.41, 5.74) is 2.92. The molecule has 3 aromatic rings. The first-order valence-corrected chi connectivity index (χ1v) is 9.53. The Labute approximate surface area is 180 Å². The number of nitrogens with zero attached hydrogens (tertiary/aromatic N) is 1. The Morgan fingerprint density at radius 1 is 1.10 bits per heavy atom. The maximum Gasteiger partial charge on any atom is 0.266 e. The molecule has 1 N–H and O–H groups in total. The van der Waals surface area contributed by atoms with Crippen molar-refractivity contribution in [1.82, 2.24) is 0 Å². The van der Waals surface area contributed by atoms with Gasteiger partial charge in [-0.05, 0) is 60.5 Å². The summed E-state index contributed by atoms with van der Waals surface area (Å²) in [5.74, 6) is 0.0613. The van der Waals surface area contributed by atoms with E-state index < -0.39 is 5.91 Å². The second kappa shape index (κ2) is 10.1. The van der Waals surface area contributed by atoms with E-state index in [9.17, 15) is 14.4 Å². The van der Waals surface area contributed by atoms with Gasteiger partial charge in [-0.15, -0.1) is 0 Å². The minimum absolute atomic E-state index is 0.0453. The van der Waals surface area contributed by atoms with Crippen LogP contribution in [0.15, 0.2) is 72.3 Å². The second-order valence-electron chi connectivity index (χ2n) is 6.82. The summed E-state index contributed by atoms with van der Waals surface area (Å²) in [6.45, 7) is 2.12. The van der Waals surface area contributed by atoms with Crippen LogP contribution in [0, 0.1) is 24.1 Å². The molecule has 0 aliphatic rings. The molecule has 0 saturated heterocycles. The molecule has 0 fully saturated rings. The number of carbonyl (C=O) groups is 1. The van der Waals surface area contributed by atoms with Gasteiger partial charge in [0, 0.05) is 5.69 Å². The summed E-state index contributed by atoms with van der Waals surface area (Å²) in [6, 6.07) is 20.4. The molecule has 0 spiro atoms. The van der Waals surface area contributed by atoms with Crippen molar-refractivity contribution in [3.63, 3.8) is 0 Å². The molecule has 0 aromatic heterocycles. The zero-order valence-corrected chi connectivity index (χ0v) is 17.2. The monoisotopic (exact) mass is 416 g/mol. The van der Waals surface area contributed by atoms with Gasteiger partial charge in [0.1, 0.15) is 24.1 Å². The molecule has 3 rings (SSSR count). The van der Waals surface area contributed by atoms with Gasteiger partial charge in [0.2, 0.25) is 0 Å². The zero-order chi connectivity index (χ0) is 22.2. The van der Waals surface area contributed by atoms with E-state index in [-0.39, 0.29) is 18.0 Å². The van der Waals surface area contributed by atoms with Gasteiger partial charge >= 0.3 is 0 Å². The number of benzene rings is 3. The van der Waals surface area contributed by atoms with E-state index in [1.807, 2.05) is 25.1 Å². The van der Waals surface area contributed by atoms with Gasteiger partial charge in [0.05, 0.1) is 7.11 Å². The largest absolute Gasteiger partial charge is 0.493 e. The van der Waals surface area contributed by atoms with Crippen LogP contribution < -0.4 is 14.8 Å². The van der Waals surface area contributed by atoms with E-state index in [0.29, 0.717) is 28.3 Å². The normalized spacial score (nSPS) is 10.8. The van der Waals surface area contributed by atoms with Crippen molar-refractivity contribution < 1.29 is 18.7 Å². The fourth-order valence-electron chi connectivity index (χ4n) is 2.83. The average molecular weight is 416 g/mol. The van der Waals surface area contributed by atoms with Gasteiger partial charge in [-0.1, -0.05) is 35.9 Å². The highest BCUT2D eigenvalue weighted by molar-refractivity contribution is 6.09. The summed E-state index contributed by atoms with van der Waals surface area (Å²) in [7, 11) is 1.49. The van der Waals surface area contributed by atoms with Crippen LogP contribution in [0.1, 0.15) is 16.7 Å². The molecule has 0 radical (unpaired) electrons. The Bertz CT molecular complexity index is 1150. The molecular formula is C25H21FN2O3. The first-order chi connectivity index (χ1) is 15.0. The van der Waals surface area contributed by atoms with Crippen LogP contribution in [0.4, 0.5) is 10.1 Å². The predicted molar refractivity (Wildman–Crippen MR) is 117 cm³/mol. The average Bonchev–Trinajstić information content (AvgIpc) is 2.77. The third-order valence-corrected chi connectivity index (χ3v) is 4.46. The van der Waals surface area contributed by atoms with Crippen LogP contribution in [-0.4, -0.2) is 13.0 Å². The van der Waals surface area contributed by atoms with Gasteiger partial charge in [-0.2, -0.15) is 5.26 Å². The molecular weight excluding hydrogens is 395 g/mol. The van der Waals surface area contributed by atoms with Crippen molar-refractivity contribution in [2.45, 2.75) is 13.5 Å². The number of methoxy groups -OCH3 is 1. The maximum atomic E-state index is 13.3. The maximum absolute atomic E-state index is 13.3. The fraction of sp³-hybridized carbons (Fsp3) is 0.120. The molecule has 0 aliphatic carbocycles. The molecule has 3 aromatic carbocycles. The summed E-state index contributed by atoms with van der Waals surface area (Å²) in [5, 5.41) is 12.1. The van der Waals surface area contributed by atoms with E-state index in [0.717, 1.165) is 5.56 Å². The molecule has 0 heterocycles. The van der Waals surface area contributed by atoms with Crippen molar-refractivity contribution in [3.8, 4) is 17.6 Å². The number of anilines is 1. The number of nitriles is 1. The molecule has 0 atom stereocenters. The van der Waals surface area contributed by atoms with Crippen molar-refractivity contribution in [2.24, 2.45) is 0 Å². The molecule has 31 heavy (non-hydrogen) atoms. The van der Waals surface area contributed by atoms with Crippen LogP contribution in [0.2, 0.25) is 0 Å². The number of rotatable bonds is 7. The van der Waals surface area contributed by atoms with E-state index in [1.165, 1.54) is 25.3 Å². The van der Waals surface area contributed by atoms with Crippen molar-refractivity contribution in [3.05, 3.63) is 94.8 Å². The zero-order valence-electron chi connectivity index (χ0n) is 17.2. The Hall–Kier alpha value is -4.11. The number of hydrogen-bond acceptors (Lipinski definition) is 4. The highest BCUT2D eigenvalue weighted by Crippen LogP contribution is 2.30. The summed E-state index contributed by atoms with van der Waals surface area (Å²) in [6.07, 6.45) is 1.47. The smallest absolute Gasteiger partial charge is 0.266 e. The molecule has 6 heteroatoms. The Morgan fingerprint density at radius 3 is 2.55 bits per heavy atom. The topological polar surface area (TPSA) is 71.3 Å². The lowest BCUT2D eigenvalue weighted by Gasteiger charge is -2.12. The van der Waals surface area contributed by atoms with Crippen LogP contribution in [-0.2, 0) is 11.4 Å². The lowest BCUT2D eigenvalue weighted by molar-refractivity contribution is -0.112. The van der Waals surface area contributed by atoms with Gasteiger partial charge in [-0.3, -0.25) is 4.79 Å².